The van der Waals surface area contributed by atoms with E-state index in [0.717, 1.165) is 22.9 Å². The Bertz CT molecular complexity index is 612. The summed E-state index contributed by atoms with van der Waals surface area (Å²) in [6.45, 7) is 0.568. The molecule has 3 rings (SSSR count). The first-order valence-electron chi connectivity index (χ1n) is 6.99. The number of rotatable bonds is 3. The summed E-state index contributed by atoms with van der Waals surface area (Å²) in [4.78, 5) is 0. The summed E-state index contributed by atoms with van der Waals surface area (Å²) in [6, 6.07) is 14.1. The van der Waals surface area contributed by atoms with Gasteiger partial charge in [-0.3, -0.25) is 0 Å². The van der Waals surface area contributed by atoms with Crippen LogP contribution in [0.5, 0.6) is 0 Å². The summed E-state index contributed by atoms with van der Waals surface area (Å²) in [6.07, 6.45) is 3.47. The van der Waals surface area contributed by atoms with Crippen LogP contribution in [0.1, 0.15) is 35.6 Å². The molecule has 1 unspecified atom stereocenters. The number of benzene rings is 2. The van der Waals surface area contributed by atoms with Crippen molar-refractivity contribution in [1.29, 1.82) is 0 Å². The predicted molar refractivity (Wildman–Crippen MR) is 83.1 cm³/mol. The van der Waals surface area contributed by atoms with Crippen molar-refractivity contribution in [3.63, 3.8) is 0 Å². The van der Waals surface area contributed by atoms with Crippen LogP contribution in [0.4, 0.5) is 4.39 Å². The first-order valence-corrected chi connectivity index (χ1v) is 7.78. The fraction of sp³-hybridized carbons (Fsp3) is 0.294. The summed E-state index contributed by atoms with van der Waals surface area (Å²) in [7, 11) is 0. The second kappa shape index (κ2) is 6.06. The average molecular weight is 334 g/mol. The van der Waals surface area contributed by atoms with Crippen LogP contribution in [-0.2, 0) is 13.0 Å². The molecule has 0 saturated heterocycles. The van der Waals surface area contributed by atoms with Gasteiger partial charge in [-0.2, -0.15) is 0 Å². The lowest BCUT2D eigenvalue weighted by Gasteiger charge is -2.26. The van der Waals surface area contributed by atoms with Crippen molar-refractivity contribution in [3.8, 4) is 0 Å². The van der Waals surface area contributed by atoms with Crippen LogP contribution in [0.2, 0.25) is 0 Å². The van der Waals surface area contributed by atoms with Gasteiger partial charge in [0.1, 0.15) is 5.82 Å². The van der Waals surface area contributed by atoms with Gasteiger partial charge in [0.2, 0.25) is 0 Å². The third-order valence-corrected chi connectivity index (χ3v) is 4.42. The smallest absolute Gasteiger partial charge is 0.128 e. The van der Waals surface area contributed by atoms with Gasteiger partial charge >= 0.3 is 0 Å². The van der Waals surface area contributed by atoms with Crippen molar-refractivity contribution < 1.29 is 4.39 Å². The molecule has 0 aromatic heterocycles. The van der Waals surface area contributed by atoms with Crippen molar-refractivity contribution >= 4 is 15.9 Å². The molecular formula is C17H17BrFN. The fourth-order valence-corrected chi connectivity index (χ4v) is 3.20. The maximum absolute atomic E-state index is 13.8. The Kier molecular flexibility index (Phi) is 4.18. The zero-order chi connectivity index (χ0) is 13.9. The molecule has 2 aromatic rings. The molecule has 1 nitrogen and oxygen atoms in total. The highest BCUT2D eigenvalue weighted by Gasteiger charge is 2.19. The third kappa shape index (κ3) is 2.94. The lowest BCUT2D eigenvalue weighted by Crippen LogP contribution is -2.25. The van der Waals surface area contributed by atoms with Crippen LogP contribution in [0.15, 0.2) is 46.9 Å². The minimum absolute atomic E-state index is 0.157. The Balaban J connectivity index is 1.73. The van der Waals surface area contributed by atoms with E-state index in [-0.39, 0.29) is 5.82 Å². The fourth-order valence-electron chi connectivity index (χ4n) is 2.86. The first kappa shape index (κ1) is 13.8. The second-order valence-corrected chi connectivity index (χ2v) is 6.18. The zero-order valence-corrected chi connectivity index (χ0v) is 12.8. The maximum atomic E-state index is 13.8. The normalized spacial score (nSPS) is 17.8. The second-order valence-electron chi connectivity index (χ2n) is 5.26. The van der Waals surface area contributed by atoms with E-state index in [1.807, 2.05) is 12.1 Å². The molecule has 2 aromatic carbocycles. The van der Waals surface area contributed by atoms with Gasteiger partial charge in [0.25, 0.3) is 0 Å². The van der Waals surface area contributed by atoms with Crippen LogP contribution in [0.3, 0.4) is 0 Å². The number of fused-ring (bicyclic) bond motifs is 1. The lowest BCUT2D eigenvalue weighted by molar-refractivity contribution is 0.452. The first-order chi connectivity index (χ1) is 9.74. The minimum atomic E-state index is -0.157. The van der Waals surface area contributed by atoms with Gasteiger partial charge in [-0.05, 0) is 42.5 Å². The molecule has 3 heteroatoms. The quantitative estimate of drug-likeness (QED) is 0.854. The average Bonchev–Trinajstić information content (AvgIpc) is 2.46. The van der Waals surface area contributed by atoms with Crippen LogP contribution in [0.25, 0.3) is 0 Å². The minimum Gasteiger partial charge on any atom is -0.306 e. The van der Waals surface area contributed by atoms with Crippen molar-refractivity contribution in [2.24, 2.45) is 0 Å². The topological polar surface area (TPSA) is 12.0 Å². The molecule has 0 spiro atoms. The molecule has 0 fully saturated rings. The van der Waals surface area contributed by atoms with E-state index in [1.165, 1.54) is 23.6 Å². The Morgan fingerprint density at radius 2 is 2.05 bits per heavy atom. The maximum Gasteiger partial charge on any atom is 0.128 e. The van der Waals surface area contributed by atoms with E-state index in [1.54, 1.807) is 0 Å². The van der Waals surface area contributed by atoms with Gasteiger partial charge in [0.15, 0.2) is 0 Å². The standard InChI is InChI=1S/C17H17BrFN/c18-14-9-8-13(16(19)10-14)11-20-17-7-3-5-12-4-1-2-6-15(12)17/h1-2,4,6,8-10,17,20H,3,5,7,11H2. The number of hydrogen-bond acceptors (Lipinski definition) is 1. The van der Waals surface area contributed by atoms with Gasteiger partial charge in [-0.25, -0.2) is 4.39 Å². The summed E-state index contributed by atoms with van der Waals surface area (Å²) < 4.78 is 14.6. The van der Waals surface area contributed by atoms with Crippen molar-refractivity contribution in [2.75, 3.05) is 0 Å². The molecule has 20 heavy (non-hydrogen) atoms. The molecule has 0 saturated carbocycles. The molecule has 0 amide bonds. The summed E-state index contributed by atoms with van der Waals surface area (Å²) >= 11 is 3.28. The summed E-state index contributed by atoms with van der Waals surface area (Å²) in [5.41, 5.74) is 3.51. The third-order valence-electron chi connectivity index (χ3n) is 3.92. The molecule has 1 aliphatic carbocycles. The predicted octanol–water partition coefficient (Wildman–Crippen LogP) is 4.76. The van der Waals surface area contributed by atoms with E-state index < -0.39 is 0 Å². The van der Waals surface area contributed by atoms with Crippen LogP contribution >= 0.6 is 15.9 Å². The summed E-state index contributed by atoms with van der Waals surface area (Å²) in [5.74, 6) is -0.157. The molecule has 0 radical (unpaired) electrons. The number of aryl methyl sites for hydroxylation is 1. The number of hydrogen-bond donors (Lipinski definition) is 1. The molecule has 0 aliphatic heterocycles. The van der Waals surface area contributed by atoms with E-state index in [0.29, 0.717) is 12.6 Å². The Morgan fingerprint density at radius 1 is 1.20 bits per heavy atom. The highest BCUT2D eigenvalue weighted by atomic mass is 79.9. The molecule has 0 bridgehead atoms. The van der Waals surface area contributed by atoms with E-state index in [9.17, 15) is 4.39 Å². The van der Waals surface area contributed by atoms with Crippen molar-refractivity contribution in [3.05, 3.63) is 69.4 Å². The molecular weight excluding hydrogens is 317 g/mol. The van der Waals surface area contributed by atoms with Gasteiger partial charge in [-0.15, -0.1) is 0 Å². The van der Waals surface area contributed by atoms with Gasteiger partial charge in [0.05, 0.1) is 0 Å². The van der Waals surface area contributed by atoms with Crippen LogP contribution < -0.4 is 5.32 Å². The monoisotopic (exact) mass is 333 g/mol. The van der Waals surface area contributed by atoms with Crippen molar-refractivity contribution in [1.82, 2.24) is 5.32 Å². The molecule has 1 atom stereocenters. The Morgan fingerprint density at radius 3 is 2.90 bits per heavy atom. The largest absolute Gasteiger partial charge is 0.306 e. The highest BCUT2D eigenvalue weighted by Crippen LogP contribution is 2.29. The van der Waals surface area contributed by atoms with E-state index >= 15 is 0 Å². The van der Waals surface area contributed by atoms with E-state index in [4.69, 9.17) is 0 Å². The van der Waals surface area contributed by atoms with Gasteiger partial charge in [-0.1, -0.05) is 46.3 Å². The molecule has 0 heterocycles. The molecule has 1 N–H and O–H groups in total. The van der Waals surface area contributed by atoms with E-state index in [2.05, 4.69) is 45.5 Å². The molecule has 104 valence electrons. The Labute approximate surface area is 127 Å². The Hall–Kier alpha value is -1.19. The number of nitrogens with one attached hydrogen (secondary N) is 1. The van der Waals surface area contributed by atoms with Gasteiger partial charge < -0.3 is 5.32 Å². The zero-order valence-electron chi connectivity index (χ0n) is 11.2. The SMILES string of the molecule is Fc1cc(Br)ccc1CNC1CCCc2ccccc21. The van der Waals surface area contributed by atoms with Crippen LogP contribution in [-0.4, -0.2) is 0 Å². The highest BCUT2D eigenvalue weighted by molar-refractivity contribution is 9.10. The van der Waals surface area contributed by atoms with Crippen molar-refractivity contribution in [2.45, 2.75) is 31.8 Å². The van der Waals surface area contributed by atoms with Crippen LogP contribution in [0, 0.1) is 5.82 Å². The number of halogens is 2. The summed E-state index contributed by atoms with van der Waals surface area (Å²) in [5, 5.41) is 3.50. The van der Waals surface area contributed by atoms with Gasteiger partial charge in [0, 0.05) is 22.6 Å². The lowest BCUT2D eigenvalue weighted by atomic mass is 9.87. The molecule has 1 aliphatic rings.